The highest BCUT2D eigenvalue weighted by Crippen LogP contribution is 2.51. The summed E-state index contributed by atoms with van der Waals surface area (Å²) in [5, 5.41) is 17.9. The molecule has 0 radical (unpaired) electrons. The Morgan fingerprint density at radius 3 is 1.58 bits per heavy atom. The number of hydrogen-bond acceptors (Lipinski definition) is 4. The Morgan fingerprint density at radius 2 is 1.27 bits per heavy atom. The third kappa shape index (κ3) is 3.93. The molecule has 1 aliphatic carbocycles. The van der Waals surface area contributed by atoms with E-state index in [9.17, 15) is 0 Å². The van der Waals surface area contributed by atoms with Gasteiger partial charge in [-0.05, 0) is 80.1 Å². The molecule has 0 atom stereocenters. The Bertz CT molecular complexity index is 700. The molecule has 2 aromatic carbocycles. The summed E-state index contributed by atoms with van der Waals surface area (Å²) in [7, 11) is 0. The summed E-state index contributed by atoms with van der Waals surface area (Å²) in [6.45, 7) is 0.560. The van der Waals surface area contributed by atoms with Crippen LogP contribution in [0, 0.1) is 0 Å². The molecule has 1 saturated carbocycles. The average molecular weight is 486 g/mol. The van der Waals surface area contributed by atoms with Gasteiger partial charge in [-0.1, -0.05) is 18.6 Å². The molecule has 3 rings (SSSR count). The molecule has 2 N–H and O–H groups in total. The largest absolute Gasteiger partial charge is 0.490 e. The maximum absolute atomic E-state index is 8.93. The second-order valence-electron chi connectivity index (χ2n) is 6.37. The lowest BCUT2D eigenvalue weighted by molar-refractivity contribution is 0.200. The van der Waals surface area contributed by atoms with Crippen molar-refractivity contribution in [2.24, 2.45) is 0 Å². The number of hydrogen-bond donors (Lipinski definition) is 2. The Labute approximate surface area is 170 Å². The van der Waals surface area contributed by atoms with Gasteiger partial charge in [0.1, 0.15) is 24.7 Å². The van der Waals surface area contributed by atoms with Gasteiger partial charge in [-0.3, -0.25) is 0 Å². The molecule has 0 bridgehead atoms. The first-order valence-corrected chi connectivity index (χ1v) is 10.3. The summed E-state index contributed by atoms with van der Waals surface area (Å²) in [4.78, 5) is 0. The third-order valence-corrected chi connectivity index (χ3v) is 6.11. The molecule has 6 heteroatoms. The SMILES string of the molecule is OCCOc1ccc(C2(c3ccc(OCCO)c(Br)c3)CCC2)cc1Br. The molecule has 0 spiro atoms. The minimum atomic E-state index is -0.00391. The molecule has 0 unspecified atom stereocenters. The molecule has 1 aliphatic rings. The minimum Gasteiger partial charge on any atom is -0.490 e. The molecule has 4 nitrogen and oxygen atoms in total. The Balaban J connectivity index is 1.89. The number of benzene rings is 2. The summed E-state index contributed by atoms with van der Waals surface area (Å²) in [6.07, 6.45) is 3.39. The summed E-state index contributed by atoms with van der Waals surface area (Å²) in [5.74, 6) is 1.48. The summed E-state index contributed by atoms with van der Waals surface area (Å²) >= 11 is 7.18. The molecule has 1 fully saturated rings. The van der Waals surface area contributed by atoms with Gasteiger partial charge < -0.3 is 19.7 Å². The van der Waals surface area contributed by atoms with Crippen molar-refractivity contribution in [3.8, 4) is 11.5 Å². The van der Waals surface area contributed by atoms with Crippen molar-refractivity contribution in [2.45, 2.75) is 24.7 Å². The van der Waals surface area contributed by atoms with Gasteiger partial charge in [0.2, 0.25) is 0 Å². The Morgan fingerprint density at radius 1 is 0.808 bits per heavy atom. The van der Waals surface area contributed by atoms with Crippen molar-refractivity contribution < 1.29 is 19.7 Å². The molecular weight excluding hydrogens is 464 g/mol. The highest BCUT2D eigenvalue weighted by atomic mass is 79.9. The predicted octanol–water partition coefficient (Wildman–Crippen LogP) is 4.42. The molecule has 26 heavy (non-hydrogen) atoms. The van der Waals surface area contributed by atoms with Crippen LogP contribution >= 0.6 is 31.9 Å². The van der Waals surface area contributed by atoms with Crippen LogP contribution in [0.3, 0.4) is 0 Å². The fraction of sp³-hybridized carbons (Fsp3) is 0.400. The third-order valence-electron chi connectivity index (χ3n) is 4.87. The lowest BCUT2D eigenvalue weighted by Crippen LogP contribution is -2.35. The molecular formula is C20H22Br2O4. The minimum absolute atomic E-state index is 0.00312. The van der Waals surface area contributed by atoms with Crippen molar-refractivity contribution in [2.75, 3.05) is 26.4 Å². The Hall–Kier alpha value is -1.08. The highest BCUT2D eigenvalue weighted by molar-refractivity contribution is 9.10. The van der Waals surface area contributed by atoms with E-state index in [2.05, 4.69) is 56.1 Å². The van der Waals surface area contributed by atoms with Crippen molar-refractivity contribution in [3.63, 3.8) is 0 Å². The quantitative estimate of drug-likeness (QED) is 0.580. The number of aliphatic hydroxyl groups excluding tert-OH is 2. The van der Waals surface area contributed by atoms with Gasteiger partial charge in [0, 0.05) is 5.41 Å². The number of ether oxygens (including phenoxy) is 2. The molecule has 2 aromatic rings. The second kappa shape index (κ2) is 8.74. The molecule has 0 aliphatic heterocycles. The van der Waals surface area contributed by atoms with Gasteiger partial charge in [0.05, 0.1) is 22.2 Å². The van der Waals surface area contributed by atoms with Crippen molar-refractivity contribution in [1.29, 1.82) is 0 Å². The van der Waals surface area contributed by atoms with Crippen LogP contribution in [0.2, 0.25) is 0 Å². The van der Waals surface area contributed by atoms with E-state index in [1.807, 2.05) is 12.1 Å². The van der Waals surface area contributed by atoms with Crippen LogP contribution in [0.1, 0.15) is 30.4 Å². The van der Waals surface area contributed by atoms with Gasteiger partial charge >= 0.3 is 0 Å². The monoisotopic (exact) mass is 484 g/mol. The molecule has 0 amide bonds. The van der Waals surface area contributed by atoms with Crippen LogP contribution in [0.4, 0.5) is 0 Å². The first kappa shape index (κ1) is 19.7. The van der Waals surface area contributed by atoms with Crippen molar-refractivity contribution >= 4 is 31.9 Å². The first-order chi connectivity index (χ1) is 12.6. The fourth-order valence-electron chi connectivity index (χ4n) is 3.42. The summed E-state index contributed by atoms with van der Waals surface area (Å²) in [6, 6.07) is 12.4. The summed E-state index contributed by atoms with van der Waals surface area (Å²) in [5.41, 5.74) is 2.50. The zero-order chi connectivity index (χ0) is 18.6. The zero-order valence-corrected chi connectivity index (χ0v) is 17.6. The van der Waals surface area contributed by atoms with Gasteiger partial charge in [-0.25, -0.2) is 0 Å². The van der Waals surface area contributed by atoms with E-state index in [1.54, 1.807) is 0 Å². The van der Waals surface area contributed by atoms with Crippen LogP contribution in [-0.2, 0) is 5.41 Å². The van der Waals surface area contributed by atoms with Gasteiger partial charge in [-0.2, -0.15) is 0 Å². The van der Waals surface area contributed by atoms with Crippen molar-refractivity contribution in [3.05, 3.63) is 56.5 Å². The first-order valence-electron chi connectivity index (χ1n) is 8.68. The molecule has 0 heterocycles. The van der Waals surface area contributed by atoms with Gasteiger partial charge in [0.25, 0.3) is 0 Å². The normalized spacial score (nSPS) is 15.4. The summed E-state index contributed by atoms with van der Waals surface area (Å²) < 4.78 is 12.9. The average Bonchev–Trinajstić information content (AvgIpc) is 2.59. The maximum atomic E-state index is 8.93. The van der Waals surface area contributed by atoms with Crippen LogP contribution < -0.4 is 9.47 Å². The Kier molecular flexibility index (Phi) is 6.61. The predicted molar refractivity (Wildman–Crippen MR) is 108 cm³/mol. The van der Waals surface area contributed by atoms with E-state index in [1.165, 1.54) is 17.5 Å². The van der Waals surface area contributed by atoms with Gasteiger partial charge in [0.15, 0.2) is 0 Å². The molecule has 0 saturated heterocycles. The van der Waals surface area contributed by atoms with Crippen LogP contribution in [-0.4, -0.2) is 36.6 Å². The van der Waals surface area contributed by atoms with E-state index in [4.69, 9.17) is 19.7 Å². The topological polar surface area (TPSA) is 58.9 Å². The standard InChI is InChI=1S/C20H22Br2O4/c21-16-12-14(2-4-18(16)25-10-8-23)20(6-1-7-20)15-3-5-19(17(22)13-15)26-11-9-24/h2-5,12-13,23-24H,1,6-11H2. The zero-order valence-electron chi connectivity index (χ0n) is 14.4. The smallest absolute Gasteiger partial charge is 0.133 e. The number of rotatable bonds is 8. The van der Waals surface area contributed by atoms with E-state index >= 15 is 0 Å². The second-order valence-corrected chi connectivity index (χ2v) is 8.08. The molecule has 0 aromatic heterocycles. The number of halogens is 2. The van der Waals surface area contributed by atoms with Crippen LogP contribution in [0.25, 0.3) is 0 Å². The van der Waals surface area contributed by atoms with Crippen LogP contribution in [0.5, 0.6) is 11.5 Å². The number of aliphatic hydroxyl groups is 2. The van der Waals surface area contributed by atoms with E-state index in [0.29, 0.717) is 0 Å². The lowest BCUT2D eigenvalue weighted by Gasteiger charge is -2.43. The van der Waals surface area contributed by atoms with Crippen molar-refractivity contribution in [1.82, 2.24) is 0 Å². The highest BCUT2D eigenvalue weighted by Gasteiger charge is 2.40. The molecule has 140 valence electrons. The maximum Gasteiger partial charge on any atom is 0.133 e. The van der Waals surface area contributed by atoms with Crippen LogP contribution in [0.15, 0.2) is 45.3 Å². The van der Waals surface area contributed by atoms with Gasteiger partial charge in [-0.15, -0.1) is 0 Å². The van der Waals surface area contributed by atoms with E-state index < -0.39 is 0 Å². The van der Waals surface area contributed by atoms with E-state index in [0.717, 1.165) is 33.3 Å². The van der Waals surface area contributed by atoms with E-state index in [-0.39, 0.29) is 31.8 Å². The fourth-order valence-corrected chi connectivity index (χ4v) is 4.40. The lowest BCUT2D eigenvalue weighted by atomic mass is 9.60.